The van der Waals surface area contributed by atoms with Crippen LogP contribution in [0.1, 0.15) is 72.9 Å². The molecule has 0 aromatic heterocycles. The van der Waals surface area contributed by atoms with Gasteiger partial charge in [-0.1, -0.05) is 48.5 Å². The Balaban J connectivity index is 1.58. The van der Waals surface area contributed by atoms with E-state index in [1.807, 2.05) is 18.2 Å². The number of rotatable bonds is 19. The van der Waals surface area contributed by atoms with Crippen molar-refractivity contribution >= 4 is 11.9 Å². The first-order valence-corrected chi connectivity index (χ1v) is 14.8. The highest BCUT2D eigenvalue weighted by Gasteiger charge is 2.18. The lowest BCUT2D eigenvalue weighted by atomic mass is 10.0. The van der Waals surface area contributed by atoms with Crippen LogP contribution in [0, 0.1) is 0 Å². The first kappa shape index (κ1) is 32.5. The quantitative estimate of drug-likeness (QED) is 0.109. The summed E-state index contributed by atoms with van der Waals surface area (Å²) in [5.41, 5.74) is 2.91. The molecule has 1 unspecified atom stereocenters. The second kappa shape index (κ2) is 18.4. The molecule has 0 fully saturated rings. The van der Waals surface area contributed by atoms with Gasteiger partial charge in [-0.3, -0.25) is 4.79 Å². The van der Waals surface area contributed by atoms with E-state index in [-0.39, 0.29) is 12.1 Å². The van der Waals surface area contributed by atoms with E-state index in [4.69, 9.17) is 23.7 Å². The van der Waals surface area contributed by atoms with Gasteiger partial charge in [-0.25, -0.2) is 4.79 Å². The van der Waals surface area contributed by atoms with Crippen molar-refractivity contribution in [1.82, 2.24) is 0 Å². The van der Waals surface area contributed by atoms with Crippen molar-refractivity contribution in [1.29, 1.82) is 0 Å². The summed E-state index contributed by atoms with van der Waals surface area (Å²) in [7, 11) is 4.30. The van der Waals surface area contributed by atoms with Gasteiger partial charge in [-0.05, 0) is 93.2 Å². The van der Waals surface area contributed by atoms with Crippen molar-refractivity contribution in [3.8, 4) is 17.2 Å². The number of ether oxygens (including phenoxy) is 5. The summed E-state index contributed by atoms with van der Waals surface area (Å²) < 4.78 is 27.8. The van der Waals surface area contributed by atoms with Crippen LogP contribution in [0.4, 0.5) is 0 Å². The molecule has 0 aliphatic rings. The maximum Gasteiger partial charge on any atom is 0.337 e. The SMILES string of the molecule is COC(=O)CCCCC(CCc1ccccc1OCCCCCc1ccccc1)Oc1ccc(C(=O)OC)cc1OC. The van der Waals surface area contributed by atoms with Crippen LogP contribution in [0.3, 0.4) is 0 Å². The van der Waals surface area contributed by atoms with Gasteiger partial charge in [0.2, 0.25) is 0 Å². The van der Waals surface area contributed by atoms with Crippen molar-refractivity contribution in [2.75, 3.05) is 27.9 Å². The van der Waals surface area contributed by atoms with E-state index < -0.39 is 5.97 Å². The van der Waals surface area contributed by atoms with Gasteiger partial charge in [0.15, 0.2) is 11.5 Å². The monoisotopic (exact) mass is 576 g/mol. The summed E-state index contributed by atoms with van der Waals surface area (Å²) in [5, 5.41) is 0. The van der Waals surface area contributed by atoms with Crippen molar-refractivity contribution in [3.63, 3.8) is 0 Å². The fourth-order valence-electron chi connectivity index (χ4n) is 4.80. The summed E-state index contributed by atoms with van der Waals surface area (Å²) in [6.45, 7) is 0.684. The molecule has 0 heterocycles. The summed E-state index contributed by atoms with van der Waals surface area (Å²) in [6.07, 6.45) is 8.41. The zero-order valence-electron chi connectivity index (χ0n) is 25.1. The van der Waals surface area contributed by atoms with E-state index in [1.165, 1.54) is 19.8 Å². The highest BCUT2D eigenvalue weighted by Crippen LogP contribution is 2.31. The molecular weight excluding hydrogens is 532 g/mol. The molecule has 7 heteroatoms. The minimum absolute atomic E-state index is 0.133. The number of para-hydroxylation sites is 1. The molecule has 3 rings (SSSR count). The number of carbonyl (C=O) groups is 2. The highest BCUT2D eigenvalue weighted by atomic mass is 16.5. The summed E-state index contributed by atoms with van der Waals surface area (Å²) in [6, 6.07) is 23.8. The van der Waals surface area contributed by atoms with Gasteiger partial charge < -0.3 is 23.7 Å². The molecular formula is C35H44O7. The van der Waals surface area contributed by atoms with Crippen LogP contribution in [0.15, 0.2) is 72.8 Å². The van der Waals surface area contributed by atoms with E-state index >= 15 is 0 Å². The number of hydrogen-bond donors (Lipinski definition) is 0. The Bertz CT molecular complexity index is 1230. The van der Waals surface area contributed by atoms with E-state index in [1.54, 1.807) is 25.3 Å². The van der Waals surface area contributed by atoms with Gasteiger partial charge >= 0.3 is 11.9 Å². The summed E-state index contributed by atoms with van der Waals surface area (Å²) >= 11 is 0. The first-order valence-electron chi connectivity index (χ1n) is 14.8. The van der Waals surface area contributed by atoms with Gasteiger partial charge in [0.05, 0.1) is 39.6 Å². The fourth-order valence-corrected chi connectivity index (χ4v) is 4.80. The second-order valence-corrected chi connectivity index (χ2v) is 10.2. The van der Waals surface area contributed by atoms with Crippen LogP contribution in [-0.2, 0) is 27.1 Å². The molecule has 0 spiro atoms. The van der Waals surface area contributed by atoms with Gasteiger partial charge in [0.1, 0.15) is 5.75 Å². The topological polar surface area (TPSA) is 80.3 Å². The molecule has 3 aromatic carbocycles. The van der Waals surface area contributed by atoms with E-state index in [0.717, 1.165) is 69.1 Å². The Morgan fingerprint density at radius 2 is 1.48 bits per heavy atom. The van der Waals surface area contributed by atoms with Crippen LogP contribution in [0.5, 0.6) is 17.2 Å². The number of esters is 2. The number of methoxy groups -OCH3 is 3. The molecule has 1 atom stereocenters. The minimum atomic E-state index is -0.438. The summed E-state index contributed by atoms with van der Waals surface area (Å²) in [5.74, 6) is 1.28. The third-order valence-corrected chi connectivity index (χ3v) is 7.18. The molecule has 0 radical (unpaired) electrons. The maximum atomic E-state index is 12.0. The second-order valence-electron chi connectivity index (χ2n) is 10.2. The van der Waals surface area contributed by atoms with Crippen molar-refractivity contribution in [2.45, 2.75) is 70.3 Å². The molecule has 0 N–H and O–H groups in total. The predicted octanol–water partition coefficient (Wildman–Crippen LogP) is 7.39. The maximum absolute atomic E-state index is 12.0. The molecule has 226 valence electrons. The normalized spacial score (nSPS) is 11.4. The van der Waals surface area contributed by atoms with Crippen LogP contribution >= 0.6 is 0 Å². The Kier molecular flexibility index (Phi) is 14.3. The fraction of sp³-hybridized carbons (Fsp3) is 0.429. The molecule has 0 saturated heterocycles. The van der Waals surface area contributed by atoms with Gasteiger partial charge in [0, 0.05) is 6.42 Å². The molecule has 0 amide bonds. The lowest BCUT2D eigenvalue weighted by Gasteiger charge is -2.22. The Morgan fingerprint density at radius 3 is 2.24 bits per heavy atom. The molecule has 7 nitrogen and oxygen atoms in total. The van der Waals surface area contributed by atoms with Gasteiger partial charge in [-0.15, -0.1) is 0 Å². The van der Waals surface area contributed by atoms with Crippen molar-refractivity contribution < 1.29 is 33.3 Å². The van der Waals surface area contributed by atoms with Crippen molar-refractivity contribution in [2.24, 2.45) is 0 Å². The highest BCUT2D eigenvalue weighted by molar-refractivity contribution is 5.90. The Hall–Kier alpha value is -4.00. The lowest BCUT2D eigenvalue weighted by Crippen LogP contribution is -2.19. The minimum Gasteiger partial charge on any atom is -0.493 e. The third-order valence-electron chi connectivity index (χ3n) is 7.18. The molecule has 0 aliphatic carbocycles. The van der Waals surface area contributed by atoms with Gasteiger partial charge in [-0.2, -0.15) is 0 Å². The first-order chi connectivity index (χ1) is 20.5. The smallest absolute Gasteiger partial charge is 0.337 e. The average molecular weight is 577 g/mol. The molecule has 0 aliphatic heterocycles. The Morgan fingerprint density at radius 1 is 0.690 bits per heavy atom. The number of aryl methyl sites for hydroxylation is 2. The lowest BCUT2D eigenvalue weighted by molar-refractivity contribution is -0.140. The average Bonchev–Trinajstić information content (AvgIpc) is 3.03. The molecule has 0 bridgehead atoms. The zero-order valence-corrected chi connectivity index (χ0v) is 25.1. The number of hydrogen-bond acceptors (Lipinski definition) is 7. The largest absolute Gasteiger partial charge is 0.493 e. The van der Waals surface area contributed by atoms with Gasteiger partial charge in [0.25, 0.3) is 0 Å². The van der Waals surface area contributed by atoms with E-state index in [0.29, 0.717) is 30.1 Å². The number of carbonyl (C=O) groups excluding carboxylic acids is 2. The van der Waals surface area contributed by atoms with Crippen LogP contribution < -0.4 is 14.2 Å². The van der Waals surface area contributed by atoms with E-state index in [2.05, 4.69) is 36.4 Å². The van der Waals surface area contributed by atoms with Crippen LogP contribution in [0.2, 0.25) is 0 Å². The number of unbranched alkanes of at least 4 members (excludes halogenated alkanes) is 3. The number of benzene rings is 3. The standard InChI is InChI=1S/C35H44O7/c1-38-33-26-29(35(37)40-3)22-24-32(33)42-30(18-10-12-20-34(36)39-2)23-21-28-17-9-11-19-31(28)41-25-13-5-8-16-27-14-6-4-7-15-27/h4,6-7,9,11,14-15,17,19,22,24,26,30H,5,8,10,12-13,16,18,20-21,23,25H2,1-3H3. The predicted molar refractivity (Wildman–Crippen MR) is 163 cm³/mol. The van der Waals surface area contributed by atoms with Crippen LogP contribution in [-0.4, -0.2) is 46.0 Å². The molecule has 42 heavy (non-hydrogen) atoms. The van der Waals surface area contributed by atoms with E-state index in [9.17, 15) is 9.59 Å². The summed E-state index contributed by atoms with van der Waals surface area (Å²) in [4.78, 5) is 23.6. The third kappa shape index (κ3) is 11.1. The van der Waals surface area contributed by atoms with Crippen LogP contribution in [0.25, 0.3) is 0 Å². The molecule has 0 saturated carbocycles. The Labute approximate surface area is 250 Å². The molecule has 3 aromatic rings. The zero-order chi connectivity index (χ0) is 30.0. The van der Waals surface area contributed by atoms with Crippen molar-refractivity contribution in [3.05, 3.63) is 89.5 Å².